The first-order valence-electron chi connectivity index (χ1n) is 7.95. The summed E-state index contributed by atoms with van der Waals surface area (Å²) in [6, 6.07) is 8.48. The van der Waals surface area contributed by atoms with Gasteiger partial charge in [0.2, 0.25) is 0 Å². The van der Waals surface area contributed by atoms with E-state index in [9.17, 15) is 22.4 Å². The summed E-state index contributed by atoms with van der Waals surface area (Å²) in [4.78, 5) is 12.5. The summed E-state index contributed by atoms with van der Waals surface area (Å²) < 4.78 is 55.4. The largest absolute Gasteiger partial charge is 0.319 e. The molecule has 0 aliphatic carbocycles. The molecule has 0 saturated carbocycles. The number of halogens is 4. The minimum absolute atomic E-state index is 0.100. The summed E-state index contributed by atoms with van der Waals surface area (Å²) in [6.07, 6.45) is -1.86. The van der Waals surface area contributed by atoms with Crippen LogP contribution in [0.3, 0.4) is 0 Å². The minimum Gasteiger partial charge on any atom is -0.319 e. The number of carbonyl (C=O) groups excluding carboxylic acids is 1. The highest BCUT2D eigenvalue weighted by Gasteiger charge is 2.24. The quantitative estimate of drug-likeness (QED) is 0.660. The van der Waals surface area contributed by atoms with E-state index in [0.717, 1.165) is 22.5 Å². The van der Waals surface area contributed by atoms with Gasteiger partial charge >= 0.3 is 0 Å². The zero-order valence-corrected chi connectivity index (χ0v) is 14.4. The molecule has 3 rings (SSSR count). The summed E-state index contributed by atoms with van der Waals surface area (Å²) in [5, 5.41) is 5.83. The summed E-state index contributed by atoms with van der Waals surface area (Å²) in [5.41, 5.74) is 0.117. The van der Waals surface area contributed by atoms with Crippen molar-refractivity contribution in [3.63, 3.8) is 0 Å². The fourth-order valence-corrected chi connectivity index (χ4v) is 2.68. The molecule has 0 atom stereocenters. The Morgan fingerprint density at radius 1 is 1.15 bits per heavy atom. The predicted octanol–water partition coefficient (Wildman–Crippen LogP) is 4.86. The van der Waals surface area contributed by atoms with Crippen LogP contribution in [0.4, 0.5) is 23.2 Å². The number of nitrogens with one attached hydrogen (secondary N) is 1. The summed E-state index contributed by atoms with van der Waals surface area (Å²) in [6.45, 7) is 1.85. The molecule has 0 fully saturated rings. The van der Waals surface area contributed by atoms with Crippen LogP contribution < -0.4 is 5.32 Å². The highest BCUT2D eigenvalue weighted by atomic mass is 19.3. The van der Waals surface area contributed by atoms with E-state index in [2.05, 4.69) is 10.4 Å². The molecule has 0 spiro atoms. The van der Waals surface area contributed by atoms with Gasteiger partial charge in [-0.3, -0.25) is 9.48 Å². The van der Waals surface area contributed by atoms with E-state index in [-0.39, 0.29) is 16.8 Å². The van der Waals surface area contributed by atoms with Crippen molar-refractivity contribution in [1.82, 2.24) is 9.78 Å². The van der Waals surface area contributed by atoms with Crippen LogP contribution in [-0.2, 0) is 7.05 Å². The average molecular weight is 377 g/mol. The maximum Gasteiger partial charge on any atom is 0.282 e. The Hall–Kier alpha value is -3.16. The molecule has 4 nitrogen and oxygen atoms in total. The van der Waals surface area contributed by atoms with E-state index in [0.29, 0.717) is 11.6 Å². The van der Waals surface area contributed by atoms with Gasteiger partial charge in [0.1, 0.15) is 17.3 Å². The normalized spacial score (nSPS) is 11.1. The maximum absolute atomic E-state index is 14.4. The van der Waals surface area contributed by atoms with E-state index >= 15 is 0 Å². The van der Waals surface area contributed by atoms with Crippen LogP contribution >= 0.6 is 0 Å². The highest BCUT2D eigenvalue weighted by Crippen LogP contribution is 2.32. The van der Waals surface area contributed by atoms with Gasteiger partial charge in [-0.2, -0.15) is 5.10 Å². The lowest BCUT2D eigenvalue weighted by Crippen LogP contribution is -2.15. The third-order valence-electron chi connectivity index (χ3n) is 3.96. The van der Waals surface area contributed by atoms with Crippen LogP contribution in [-0.4, -0.2) is 15.7 Å². The second-order valence-corrected chi connectivity index (χ2v) is 6.03. The summed E-state index contributed by atoms with van der Waals surface area (Å²) >= 11 is 0. The Kier molecular flexibility index (Phi) is 4.98. The fourth-order valence-electron chi connectivity index (χ4n) is 2.68. The molecule has 3 aromatic rings. The molecule has 8 heteroatoms. The molecule has 0 aliphatic heterocycles. The van der Waals surface area contributed by atoms with Crippen LogP contribution in [0.15, 0.2) is 42.6 Å². The van der Waals surface area contributed by atoms with Crippen molar-refractivity contribution < 1.29 is 22.4 Å². The van der Waals surface area contributed by atoms with Gasteiger partial charge in [-0.15, -0.1) is 0 Å². The van der Waals surface area contributed by atoms with Crippen molar-refractivity contribution >= 4 is 11.6 Å². The van der Waals surface area contributed by atoms with Crippen LogP contribution in [0.2, 0.25) is 0 Å². The summed E-state index contributed by atoms with van der Waals surface area (Å²) in [7, 11) is 1.39. The molecular weight excluding hydrogens is 362 g/mol. The number of anilines is 1. The van der Waals surface area contributed by atoms with Gasteiger partial charge < -0.3 is 5.32 Å². The van der Waals surface area contributed by atoms with Gasteiger partial charge in [0, 0.05) is 24.9 Å². The molecule has 1 N–H and O–H groups in total. The molecule has 0 unspecified atom stereocenters. The topological polar surface area (TPSA) is 46.9 Å². The Morgan fingerprint density at radius 2 is 1.81 bits per heavy atom. The lowest BCUT2D eigenvalue weighted by atomic mass is 10.0. The molecule has 140 valence electrons. The average Bonchev–Trinajstić information content (AvgIpc) is 3.00. The van der Waals surface area contributed by atoms with Crippen molar-refractivity contribution in [2.24, 2.45) is 7.05 Å². The van der Waals surface area contributed by atoms with Crippen LogP contribution in [0.1, 0.15) is 28.0 Å². The highest BCUT2D eigenvalue weighted by molar-refractivity contribution is 6.07. The smallest absolute Gasteiger partial charge is 0.282 e. The zero-order chi connectivity index (χ0) is 19.7. The maximum atomic E-state index is 14.4. The van der Waals surface area contributed by atoms with Crippen molar-refractivity contribution in [3.8, 4) is 11.1 Å². The molecule has 1 aromatic heterocycles. The van der Waals surface area contributed by atoms with Crippen LogP contribution in [0.5, 0.6) is 0 Å². The molecule has 0 bridgehead atoms. The number of carbonyl (C=O) groups is 1. The van der Waals surface area contributed by atoms with E-state index < -0.39 is 29.7 Å². The second-order valence-electron chi connectivity index (χ2n) is 6.03. The van der Waals surface area contributed by atoms with Gasteiger partial charge in [0.15, 0.2) is 0 Å². The van der Waals surface area contributed by atoms with Crippen molar-refractivity contribution in [2.45, 2.75) is 13.3 Å². The molecule has 0 radical (unpaired) electrons. The van der Waals surface area contributed by atoms with Crippen molar-refractivity contribution in [2.75, 3.05) is 5.32 Å². The number of benzene rings is 2. The molecule has 1 amide bonds. The molecular formula is C19H15F4N3O. The van der Waals surface area contributed by atoms with Gasteiger partial charge in [0.25, 0.3) is 12.3 Å². The standard InChI is InChI=1S/C19H15F4N3O/c1-10-3-5-11(6-4-10)13-7-12(20)8-15(21)16(13)24-19(27)14-9-26(2)25-17(14)18(22)23/h3-9,18H,1-2H3,(H,24,27). The predicted molar refractivity (Wildman–Crippen MR) is 92.6 cm³/mol. The molecule has 0 saturated heterocycles. The van der Waals surface area contributed by atoms with E-state index in [4.69, 9.17) is 0 Å². The Labute approximate surface area is 152 Å². The third-order valence-corrected chi connectivity index (χ3v) is 3.96. The number of amides is 1. The fraction of sp³-hybridized carbons (Fsp3) is 0.158. The zero-order valence-electron chi connectivity index (χ0n) is 14.4. The first kappa shape index (κ1) is 18.6. The number of nitrogens with zero attached hydrogens (tertiary/aromatic N) is 2. The number of aryl methyl sites for hydroxylation is 2. The van der Waals surface area contributed by atoms with Crippen LogP contribution in [0.25, 0.3) is 11.1 Å². The number of hydrogen-bond acceptors (Lipinski definition) is 2. The first-order chi connectivity index (χ1) is 12.8. The Morgan fingerprint density at radius 3 is 2.44 bits per heavy atom. The van der Waals surface area contributed by atoms with Crippen LogP contribution in [0, 0.1) is 18.6 Å². The van der Waals surface area contributed by atoms with Gasteiger partial charge in [-0.1, -0.05) is 29.8 Å². The monoisotopic (exact) mass is 377 g/mol. The van der Waals surface area contributed by atoms with Gasteiger partial charge in [0.05, 0.1) is 11.3 Å². The Bertz CT molecular complexity index is 997. The number of alkyl halides is 2. The molecule has 27 heavy (non-hydrogen) atoms. The number of rotatable bonds is 4. The number of aromatic nitrogens is 2. The van der Waals surface area contributed by atoms with E-state index in [1.165, 1.54) is 7.05 Å². The summed E-state index contributed by atoms with van der Waals surface area (Å²) in [5.74, 6) is -2.80. The molecule has 0 aliphatic rings. The van der Waals surface area contributed by atoms with Gasteiger partial charge in [-0.05, 0) is 18.6 Å². The first-order valence-corrected chi connectivity index (χ1v) is 7.95. The van der Waals surface area contributed by atoms with Crippen molar-refractivity contribution in [3.05, 3.63) is 71.1 Å². The molecule has 2 aromatic carbocycles. The third kappa shape index (κ3) is 3.84. The minimum atomic E-state index is -2.97. The van der Waals surface area contributed by atoms with Gasteiger partial charge in [-0.25, -0.2) is 17.6 Å². The van der Waals surface area contributed by atoms with E-state index in [1.54, 1.807) is 24.3 Å². The van der Waals surface area contributed by atoms with Crippen molar-refractivity contribution in [1.29, 1.82) is 0 Å². The number of hydrogen-bond donors (Lipinski definition) is 1. The Balaban J connectivity index is 2.04. The second kappa shape index (κ2) is 7.22. The lowest BCUT2D eigenvalue weighted by Gasteiger charge is -2.13. The van der Waals surface area contributed by atoms with E-state index in [1.807, 2.05) is 6.92 Å². The molecule has 1 heterocycles. The lowest BCUT2D eigenvalue weighted by molar-refractivity contribution is 0.101. The SMILES string of the molecule is Cc1ccc(-c2cc(F)cc(F)c2NC(=O)c2cn(C)nc2C(F)F)cc1.